The van der Waals surface area contributed by atoms with E-state index in [0.29, 0.717) is 6.04 Å². The van der Waals surface area contributed by atoms with Gasteiger partial charge in [0.1, 0.15) is 0 Å². The highest BCUT2D eigenvalue weighted by Crippen LogP contribution is 2.20. The summed E-state index contributed by atoms with van der Waals surface area (Å²) < 4.78 is 2.37. The number of hydrogen-bond acceptors (Lipinski definition) is 2. The maximum absolute atomic E-state index is 4.54. The number of imidazole rings is 1. The molecule has 0 fully saturated rings. The molecule has 1 heterocycles. The summed E-state index contributed by atoms with van der Waals surface area (Å²) in [5, 5.41) is 3.53. The number of nitrogens with one attached hydrogen (secondary N) is 1. The summed E-state index contributed by atoms with van der Waals surface area (Å²) in [6.07, 6.45) is 8.26. The Balaban J connectivity index is 2.05. The van der Waals surface area contributed by atoms with Crippen molar-refractivity contribution in [1.82, 2.24) is 14.9 Å². The van der Waals surface area contributed by atoms with Crippen LogP contribution in [0.4, 0.5) is 0 Å². The fourth-order valence-electron chi connectivity index (χ4n) is 2.55. The molecule has 1 unspecified atom stereocenters. The Morgan fingerprint density at radius 3 is 2.94 bits per heavy atom. The van der Waals surface area contributed by atoms with Crippen molar-refractivity contribution in [2.75, 3.05) is 6.54 Å². The van der Waals surface area contributed by atoms with Gasteiger partial charge in [0.05, 0.1) is 12.0 Å². The zero-order valence-electron chi connectivity index (χ0n) is 10.5. The van der Waals surface area contributed by atoms with E-state index < -0.39 is 0 Å². The number of hydrogen-bond donors (Lipinski definition) is 1. The van der Waals surface area contributed by atoms with Crippen LogP contribution in [-0.2, 0) is 19.4 Å². The van der Waals surface area contributed by atoms with Gasteiger partial charge in [-0.3, -0.25) is 0 Å². The standard InChI is InChI=1S/C13H23N3/c1-3-11(14-4-2)9-16-10-15-12-7-5-6-8-13(12)16/h10-11,14H,3-9H2,1-2H3. The number of aryl methyl sites for hydroxylation is 1. The molecule has 0 saturated heterocycles. The van der Waals surface area contributed by atoms with E-state index >= 15 is 0 Å². The van der Waals surface area contributed by atoms with Crippen molar-refractivity contribution in [1.29, 1.82) is 0 Å². The molecule has 0 aromatic carbocycles. The third kappa shape index (κ3) is 2.46. The second-order valence-electron chi connectivity index (χ2n) is 4.66. The van der Waals surface area contributed by atoms with E-state index in [2.05, 4.69) is 28.7 Å². The zero-order chi connectivity index (χ0) is 11.4. The number of likely N-dealkylation sites (N-methyl/N-ethyl adjacent to an activating group) is 1. The van der Waals surface area contributed by atoms with E-state index in [9.17, 15) is 0 Å². The predicted molar refractivity (Wildman–Crippen MR) is 66.6 cm³/mol. The molecule has 0 saturated carbocycles. The van der Waals surface area contributed by atoms with Gasteiger partial charge in [0.2, 0.25) is 0 Å². The van der Waals surface area contributed by atoms with Crippen molar-refractivity contribution in [2.24, 2.45) is 0 Å². The third-order valence-electron chi connectivity index (χ3n) is 3.51. The van der Waals surface area contributed by atoms with Gasteiger partial charge in [-0.25, -0.2) is 4.98 Å². The second-order valence-corrected chi connectivity index (χ2v) is 4.66. The molecular weight excluding hydrogens is 198 g/mol. The van der Waals surface area contributed by atoms with Crippen molar-refractivity contribution in [3.05, 3.63) is 17.7 Å². The Morgan fingerprint density at radius 1 is 1.38 bits per heavy atom. The SMILES string of the molecule is CCNC(CC)Cn1cnc2c1CCCC2. The Kier molecular flexibility index (Phi) is 3.99. The smallest absolute Gasteiger partial charge is 0.0952 e. The molecule has 0 spiro atoms. The Labute approximate surface area is 98.3 Å². The van der Waals surface area contributed by atoms with E-state index in [4.69, 9.17) is 0 Å². The van der Waals surface area contributed by atoms with Crippen LogP contribution >= 0.6 is 0 Å². The average molecular weight is 221 g/mol. The van der Waals surface area contributed by atoms with Crippen LogP contribution in [0.5, 0.6) is 0 Å². The highest BCUT2D eigenvalue weighted by Gasteiger charge is 2.16. The first-order valence-corrected chi connectivity index (χ1v) is 6.61. The minimum Gasteiger partial charge on any atom is -0.333 e. The minimum absolute atomic E-state index is 0.588. The van der Waals surface area contributed by atoms with Crippen LogP contribution in [0.2, 0.25) is 0 Å². The fourth-order valence-corrected chi connectivity index (χ4v) is 2.55. The van der Waals surface area contributed by atoms with Crippen molar-refractivity contribution in [3.8, 4) is 0 Å². The Hall–Kier alpha value is -0.830. The quantitative estimate of drug-likeness (QED) is 0.825. The summed E-state index contributed by atoms with van der Waals surface area (Å²) in [6.45, 7) is 6.55. The van der Waals surface area contributed by atoms with E-state index in [-0.39, 0.29) is 0 Å². The molecule has 90 valence electrons. The van der Waals surface area contributed by atoms with Crippen molar-refractivity contribution in [3.63, 3.8) is 0 Å². The third-order valence-corrected chi connectivity index (χ3v) is 3.51. The summed E-state index contributed by atoms with van der Waals surface area (Å²) in [5.74, 6) is 0. The van der Waals surface area contributed by atoms with Crippen LogP contribution in [0.25, 0.3) is 0 Å². The molecule has 1 aliphatic carbocycles. The fraction of sp³-hybridized carbons (Fsp3) is 0.769. The van der Waals surface area contributed by atoms with Crippen LogP contribution in [0.15, 0.2) is 6.33 Å². The molecule has 1 aromatic rings. The molecule has 0 bridgehead atoms. The van der Waals surface area contributed by atoms with E-state index in [1.54, 1.807) is 0 Å². The van der Waals surface area contributed by atoms with Crippen LogP contribution in [0, 0.1) is 0 Å². The summed E-state index contributed by atoms with van der Waals surface area (Å²) >= 11 is 0. The first kappa shape index (κ1) is 11.6. The van der Waals surface area contributed by atoms with Gasteiger partial charge in [-0.1, -0.05) is 13.8 Å². The molecule has 16 heavy (non-hydrogen) atoms. The summed E-state index contributed by atoms with van der Waals surface area (Å²) in [6, 6.07) is 0.588. The van der Waals surface area contributed by atoms with Crippen LogP contribution < -0.4 is 5.32 Å². The lowest BCUT2D eigenvalue weighted by Crippen LogP contribution is -2.32. The zero-order valence-corrected chi connectivity index (χ0v) is 10.5. The summed E-state index contributed by atoms with van der Waals surface area (Å²) in [4.78, 5) is 4.54. The number of rotatable bonds is 5. The van der Waals surface area contributed by atoms with Gasteiger partial charge in [-0.05, 0) is 38.6 Å². The second kappa shape index (κ2) is 5.48. The van der Waals surface area contributed by atoms with Gasteiger partial charge in [-0.2, -0.15) is 0 Å². The average Bonchev–Trinajstić information content (AvgIpc) is 2.72. The topological polar surface area (TPSA) is 29.9 Å². The molecular formula is C13H23N3. The lowest BCUT2D eigenvalue weighted by Gasteiger charge is -2.19. The molecule has 3 heteroatoms. The van der Waals surface area contributed by atoms with E-state index in [1.807, 2.05) is 6.33 Å². The molecule has 2 rings (SSSR count). The summed E-state index contributed by atoms with van der Waals surface area (Å²) in [7, 11) is 0. The molecule has 0 aliphatic heterocycles. The lowest BCUT2D eigenvalue weighted by atomic mass is 10.0. The predicted octanol–water partition coefficient (Wildman–Crippen LogP) is 2.15. The van der Waals surface area contributed by atoms with Gasteiger partial charge in [0, 0.05) is 18.3 Å². The van der Waals surface area contributed by atoms with Crippen molar-refractivity contribution in [2.45, 2.75) is 58.5 Å². The van der Waals surface area contributed by atoms with E-state index in [0.717, 1.165) is 13.1 Å². The number of aromatic nitrogens is 2. The van der Waals surface area contributed by atoms with Crippen LogP contribution in [0.1, 0.15) is 44.5 Å². The maximum atomic E-state index is 4.54. The largest absolute Gasteiger partial charge is 0.333 e. The van der Waals surface area contributed by atoms with Gasteiger partial charge in [-0.15, -0.1) is 0 Å². The highest BCUT2D eigenvalue weighted by molar-refractivity contribution is 5.16. The molecule has 1 N–H and O–H groups in total. The van der Waals surface area contributed by atoms with Gasteiger partial charge in [0.25, 0.3) is 0 Å². The van der Waals surface area contributed by atoms with Crippen molar-refractivity contribution >= 4 is 0 Å². The monoisotopic (exact) mass is 221 g/mol. The van der Waals surface area contributed by atoms with Crippen LogP contribution in [-0.4, -0.2) is 22.1 Å². The lowest BCUT2D eigenvalue weighted by molar-refractivity contribution is 0.436. The number of nitrogens with zero attached hydrogens (tertiary/aromatic N) is 2. The Morgan fingerprint density at radius 2 is 2.19 bits per heavy atom. The highest BCUT2D eigenvalue weighted by atomic mass is 15.1. The van der Waals surface area contributed by atoms with Crippen molar-refractivity contribution < 1.29 is 0 Å². The molecule has 0 amide bonds. The maximum Gasteiger partial charge on any atom is 0.0952 e. The first-order chi connectivity index (χ1) is 7.85. The Bertz CT molecular complexity index is 330. The number of fused-ring (bicyclic) bond motifs is 1. The molecule has 1 atom stereocenters. The van der Waals surface area contributed by atoms with Crippen LogP contribution in [0.3, 0.4) is 0 Å². The molecule has 1 aliphatic rings. The first-order valence-electron chi connectivity index (χ1n) is 6.61. The van der Waals surface area contributed by atoms with Gasteiger partial charge >= 0.3 is 0 Å². The molecule has 0 radical (unpaired) electrons. The molecule has 1 aromatic heterocycles. The van der Waals surface area contributed by atoms with Gasteiger partial charge < -0.3 is 9.88 Å². The molecule has 3 nitrogen and oxygen atoms in total. The summed E-state index contributed by atoms with van der Waals surface area (Å²) in [5.41, 5.74) is 2.83. The minimum atomic E-state index is 0.588. The normalized spacial score (nSPS) is 17.1. The van der Waals surface area contributed by atoms with Gasteiger partial charge in [0.15, 0.2) is 0 Å². The van der Waals surface area contributed by atoms with E-state index in [1.165, 1.54) is 43.5 Å².